The van der Waals surface area contributed by atoms with Crippen LogP contribution in [-0.4, -0.2) is 6.29 Å². The van der Waals surface area contributed by atoms with Crippen LogP contribution in [0.1, 0.15) is 111 Å². The molecule has 0 spiro atoms. The Hall–Kier alpha value is 0.630. The Labute approximate surface area is 157 Å². The van der Waals surface area contributed by atoms with Crippen LogP contribution in [-0.2, 0) is 4.79 Å². The van der Waals surface area contributed by atoms with E-state index in [0.717, 1.165) is 19.1 Å². The largest absolute Gasteiger partial charge is 1.00 e. The molecule has 0 atom stereocenters. The number of aldehydes is 1. The van der Waals surface area contributed by atoms with Crippen molar-refractivity contribution in [3.8, 4) is 0 Å². The van der Waals surface area contributed by atoms with Crippen molar-refractivity contribution in [2.45, 2.75) is 110 Å². The summed E-state index contributed by atoms with van der Waals surface area (Å²) in [6.45, 7) is 2.28. The fraction of sp³-hybridized carbons (Fsp3) is 0.944. The summed E-state index contributed by atoms with van der Waals surface area (Å²) in [5.74, 6) is 0. The Morgan fingerprint density at radius 1 is 0.619 bits per heavy atom. The SMILES string of the molecule is CCCCCCCCCCCCCCCCCC=O.N.[H-].[Na+]. The molecular weight excluding hydrogens is 269 g/mol. The zero-order chi connectivity index (χ0) is 14.0. The molecule has 0 fully saturated rings. The van der Waals surface area contributed by atoms with E-state index in [1.54, 1.807) is 0 Å². The molecule has 124 valence electrons. The van der Waals surface area contributed by atoms with E-state index in [2.05, 4.69) is 6.92 Å². The van der Waals surface area contributed by atoms with Crippen LogP contribution in [0.25, 0.3) is 0 Å². The van der Waals surface area contributed by atoms with Gasteiger partial charge in [0.2, 0.25) is 0 Å². The maximum Gasteiger partial charge on any atom is 1.00 e. The summed E-state index contributed by atoms with van der Waals surface area (Å²) in [5, 5.41) is 0. The molecule has 3 N–H and O–H groups in total. The Balaban J connectivity index is -0.000000540. The van der Waals surface area contributed by atoms with Crippen LogP contribution >= 0.6 is 0 Å². The van der Waals surface area contributed by atoms with Crippen molar-refractivity contribution in [2.24, 2.45) is 0 Å². The first-order valence-corrected chi connectivity index (χ1v) is 8.85. The van der Waals surface area contributed by atoms with Gasteiger partial charge in [0.25, 0.3) is 0 Å². The summed E-state index contributed by atoms with van der Waals surface area (Å²) in [5.41, 5.74) is 0. The van der Waals surface area contributed by atoms with Crippen molar-refractivity contribution < 1.29 is 35.8 Å². The van der Waals surface area contributed by atoms with Gasteiger partial charge < -0.3 is 12.4 Å². The Morgan fingerprint density at radius 3 is 1.19 bits per heavy atom. The van der Waals surface area contributed by atoms with Crippen molar-refractivity contribution in [2.75, 3.05) is 0 Å². The van der Waals surface area contributed by atoms with Gasteiger partial charge in [-0.2, -0.15) is 0 Å². The summed E-state index contributed by atoms with van der Waals surface area (Å²) in [4.78, 5) is 10.1. The van der Waals surface area contributed by atoms with Crippen molar-refractivity contribution in [1.29, 1.82) is 0 Å². The van der Waals surface area contributed by atoms with Crippen LogP contribution in [0.15, 0.2) is 0 Å². The Morgan fingerprint density at radius 2 is 0.905 bits per heavy atom. The molecule has 0 saturated heterocycles. The fourth-order valence-electron chi connectivity index (χ4n) is 2.60. The molecule has 0 heterocycles. The number of unbranched alkanes of at least 4 members (excludes halogenated alkanes) is 15. The minimum Gasteiger partial charge on any atom is -1.00 e. The van der Waals surface area contributed by atoms with Crippen molar-refractivity contribution in [3.05, 3.63) is 0 Å². The summed E-state index contributed by atoms with van der Waals surface area (Å²) in [6.07, 6.45) is 22.6. The number of carbonyl (C=O) groups excluding carboxylic acids is 1. The third-order valence-electron chi connectivity index (χ3n) is 3.93. The Bertz CT molecular complexity index is 182. The molecule has 0 aromatic carbocycles. The number of hydrogen-bond donors (Lipinski definition) is 1. The Kier molecular flexibility index (Phi) is 32.3. The van der Waals surface area contributed by atoms with E-state index in [0.29, 0.717) is 0 Å². The molecular formula is C18H40NNaO. The van der Waals surface area contributed by atoms with Crippen molar-refractivity contribution >= 4 is 6.29 Å². The molecule has 21 heavy (non-hydrogen) atoms. The van der Waals surface area contributed by atoms with Gasteiger partial charge in [-0.1, -0.05) is 96.8 Å². The molecule has 0 bridgehead atoms. The van der Waals surface area contributed by atoms with Crippen LogP contribution in [0.4, 0.5) is 0 Å². The molecule has 0 aromatic heterocycles. The summed E-state index contributed by atoms with van der Waals surface area (Å²) >= 11 is 0. The predicted octanol–water partition coefficient (Wildman–Crippen LogP) is 3.73. The smallest absolute Gasteiger partial charge is 1.00 e. The second-order valence-electron chi connectivity index (χ2n) is 5.91. The van der Waals surface area contributed by atoms with E-state index in [9.17, 15) is 4.79 Å². The molecule has 0 aliphatic heterocycles. The maximum absolute atomic E-state index is 10.1. The monoisotopic (exact) mass is 309 g/mol. The number of carbonyl (C=O) groups is 1. The van der Waals surface area contributed by atoms with Crippen LogP contribution in [0.3, 0.4) is 0 Å². The molecule has 3 heteroatoms. The predicted molar refractivity (Wildman–Crippen MR) is 91.7 cm³/mol. The first-order valence-electron chi connectivity index (χ1n) is 8.85. The van der Waals surface area contributed by atoms with E-state index < -0.39 is 0 Å². The first-order chi connectivity index (χ1) is 9.41. The van der Waals surface area contributed by atoms with E-state index in [1.807, 2.05) is 0 Å². The van der Waals surface area contributed by atoms with Gasteiger partial charge in [0, 0.05) is 6.42 Å². The zero-order valence-electron chi connectivity index (χ0n) is 16.0. The van der Waals surface area contributed by atoms with E-state index in [4.69, 9.17) is 0 Å². The average molecular weight is 310 g/mol. The fourth-order valence-corrected chi connectivity index (χ4v) is 2.60. The van der Waals surface area contributed by atoms with Crippen LogP contribution in [0, 0.1) is 0 Å². The van der Waals surface area contributed by atoms with Gasteiger partial charge in [-0.05, 0) is 6.42 Å². The maximum atomic E-state index is 10.1. The minimum atomic E-state index is 0. The number of rotatable bonds is 16. The van der Waals surface area contributed by atoms with Gasteiger partial charge in [-0.3, -0.25) is 0 Å². The normalized spacial score (nSPS) is 9.76. The first kappa shape index (κ1) is 26.5. The van der Waals surface area contributed by atoms with Gasteiger partial charge in [-0.15, -0.1) is 0 Å². The van der Waals surface area contributed by atoms with Crippen LogP contribution in [0.2, 0.25) is 0 Å². The minimum absolute atomic E-state index is 0. The third-order valence-corrected chi connectivity index (χ3v) is 3.93. The van der Waals surface area contributed by atoms with Gasteiger partial charge in [-0.25, -0.2) is 0 Å². The molecule has 0 saturated carbocycles. The summed E-state index contributed by atoms with van der Waals surface area (Å²) in [6, 6.07) is 0. The third kappa shape index (κ3) is 25.9. The summed E-state index contributed by atoms with van der Waals surface area (Å²) < 4.78 is 0. The van der Waals surface area contributed by atoms with Gasteiger partial charge in [0.1, 0.15) is 6.29 Å². The molecule has 0 aromatic rings. The molecule has 0 aliphatic carbocycles. The quantitative estimate of drug-likeness (QED) is 0.268. The van der Waals surface area contributed by atoms with Gasteiger partial charge >= 0.3 is 29.6 Å². The van der Waals surface area contributed by atoms with Crippen molar-refractivity contribution in [1.82, 2.24) is 6.15 Å². The van der Waals surface area contributed by atoms with Gasteiger partial charge in [0.15, 0.2) is 0 Å². The molecule has 0 aliphatic rings. The van der Waals surface area contributed by atoms with E-state index in [1.165, 1.54) is 89.9 Å². The number of hydrogen-bond acceptors (Lipinski definition) is 2. The molecule has 0 rings (SSSR count). The standard InChI is InChI=1S/C18H36O.H3N.Na.H/c1-2-3-4-5-6-7-8-9-10-11-12-13-14-15-16-17-18-19;;;/h18H,2-17H2,1H3;1H3;;/q;;+1;-1. The topological polar surface area (TPSA) is 52.1 Å². The van der Waals surface area contributed by atoms with Crippen molar-refractivity contribution in [3.63, 3.8) is 0 Å². The van der Waals surface area contributed by atoms with E-state index in [-0.39, 0.29) is 37.1 Å². The van der Waals surface area contributed by atoms with E-state index >= 15 is 0 Å². The molecule has 0 radical (unpaired) electrons. The average Bonchev–Trinajstić information content (AvgIpc) is 2.43. The second kappa shape index (κ2) is 25.6. The van der Waals surface area contributed by atoms with Gasteiger partial charge in [0.05, 0.1) is 0 Å². The molecule has 0 amide bonds. The summed E-state index contributed by atoms with van der Waals surface area (Å²) in [7, 11) is 0. The van der Waals surface area contributed by atoms with Crippen LogP contribution in [0.5, 0.6) is 0 Å². The molecule has 2 nitrogen and oxygen atoms in total. The second-order valence-corrected chi connectivity index (χ2v) is 5.91. The molecule has 0 unspecified atom stereocenters. The van der Waals surface area contributed by atoms with Crippen LogP contribution < -0.4 is 35.7 Å². The zero-order valence-corrected chi connectivity index (χ0v) is 17.0.